The molecule has 2 amide bonds. The van der Waals surface area contributed by atoms with Crippen molar-refractivity contribution in [3.05, 3.63) is 29.8 Å². The first-order valence-electron chi connectivity index (χ1n) is 7.95. The molecule has 0 bridgehead atoms. The lowest BCUT2D eigenvalue weighted by Crippen LogP contribution is -2.52. The molecule has 4 heteroatoms. The number of rotatable bonds is 6. The van der Waals surface area contributed by atoms with Gasteiger partial charge >= 0.3 is 6.03 Å². The molecule has 1 fully saturated rings. The Kier molecular flexibility index (Phi) is 5.23. The first kappa shape index (κ1) is 15.8. The van der Waals surface area contributed by atoms with Gasteiger partial charge in [-0.05, 0) is 63.8 Å². The molecule has 1 atom stereocenters. The Morgan fingerprint density at radius 3 is 2.76 bits per heavy atom. The summed E-state index contributed by atoms with van der Waals surface area (Å²) < 4.78 is 0. The summed E-state index contributed by atoms with van der Waals surface area (Å²) >= 11 is 0. The fraction of sp³-hybridized carbons (Fsp3) is 0.588. The fourth-order valence-electron chi connectivity index (χ4n) is 2.63. The van der Waals surface area contributed by atoms with Crippen LogP contribution in [0.1, 0.15) is 58.1 Å². The Morgan fingerprint density at radius 1 is 1.38 bits per heavy atom. The summed E-state index contributed by atoms with van der Waals surface area (Å²) in [5, 5.41) is 9.46. The summed E-state index contributed by atoms with van der Waals surface area (Å²) in [6.07, 6.45) is 4.45. The van der Waals surface area contributed by atoms with Crippen molar-refractivity contribution in [1.29, 1.82) is 0 Å². The predicted octanol–water partition coefficient (Wildman–Crippen LogP) is 3.81. The van der Waals surface area contributed by atoms with E-state index in [1.54, 1.807) is 0 Å². The molecular formula is C17H27N3O. The third-order valence-corrected chi connectivity index (χ3v) is 4.22. The van der Waals surface area contributed by atoms with Gasteiger partial charge in [0.05, 0.1) is 0 Å². The van der Waals surface area contributed by atoms with Crippen LogP contribution in [0.15, 0.2) is 24.3 Å². The third-order valence-electron chi connectivity index (χ3n) is 4.22. The second-order valence-electron chi connectivity index (χ2n) is 6.29. The highest BCUT2D eigenvalue weighted by atomic mass is 16.2. The van der Waals surface area contributed by atoms with E-state index in [1.807, 2.05) is 18.2 Å². The molecule has 3 N–H and O–H groups in total. The molecule has 1 unspecified atom stereocenters. The van der Waals surface area contributed by atoms with Crippen molar-refractivity contribution < 1.29 is 4.79 Å². The maximum absolute atomic E-state index is 12.0. The molecule has 0 heterocycles. The SMILES string of the molecule is CCCNC(C)c1cccc(NC(=O)NC2(C)CCC2)c1. The summed E-state index contributed by atoms with van der Waals surface area (Å²) in [6, 6.07) is 8.22. The van der Waals surface area contributed by atoms with E-state index < -0.39 is 0 Å². The first-order chi connectivity index (χ1) is 10.0. The van der Waals surface area contributed by atoms with Gasteiger partial charge in [-0.15, -0.1) is 0 Å². The van der Waals surface area contributed by atoms with Gasteiger partial charge in [0.2, 0.25) is 0 Å². The molecule has 0 aromatic heterocycles. The van der Waals surface area contributed by atoms with E-state index in [0.29, 0.717) is 6.04 Å². The molecule has 0 saturated heterocycles. The second-order valence-corrected chi connectivity index (χ2v) is 6.29. The number of carbonyl (C=O) groups excluding carboxylic acids is 1. The zero-order valence-corrected chi connectivity index (χ0v) is 13.3. The third kappa shape index (κ3) is 4.46. The maximum Gasteiger partial charge on any atom is 0.319 e. The lowest BCUT2D eigenvalue weighted by atomic mass is 9.79. The summed E-state index contributed by atoms with van der Waals surface area (Å²) in [5.41, 5.74) is 2.02. The van der Waals surface area contributed by atoms with Crippen molar-refractivity contribution in [1.82, 2.24) is 10.6 Å². The molecule has 0 spiro atoms. The van der Waals surface area contributed by atoms with Crippen LogP contribution in [0.5, 0.6) is 0 Å². The molecule has 0 aliphatic heterocycles. The van der Waals surface area contributed by atoms with Crippen LogP contribution < -0.4 is 16.0 Å². The molecule has 1 aromatic carbocycles. The van der Waals surface area contributed by atoms with Gasteiger partial charge in [-0.25, -0.2) is 4.79 Å². The smallest absolute Gasteiger partial charge is 0.319 e. The van der Waals surface area contributed by atoms with Gasteiger partial charge < -0.3 is 16.0 Å². The summed E-state index contributed by atoms with van der Waals surface area (Å²) in [6.45, 7) is 7.40. The average Bonchev–Trinajstić information content (AvgIpc) is 2.43. The molecule has 4 nitrogen and oxygen atoms in total. The topological polar surface area (TPSA) is 53.2 Å². The summed E-state index contributed by atoms with van der Waals surface area (Å²) in [7, 11) is 0. The number of benzene rings is 1. The lowest BCUT2D eigenvalue weighted by Gasteiger charge is -2.39. The van der Waals surface area contributed by atoms with E-state index in [-0.39, 0.29) is 11.6 Å². The van der Waals surface area contributed by atoms with Crippen molar-refractivity contribution in [2.45, 2.75) is 58.0 Å². The fourth-order valence-corrected chi connectivity index (χ4v) is 2.63. The van der Waals surface area contributed by atoms with Crippen molar-refractivity contribution in [3.63, 3.8) is 0 Å². The first-order valence-corrected chi connectivity index (χ1v) is 7.95. The molecule has 1 aromatic rings. The van der Waals surface area contributed by atoms with Crippen LogP contribution in [0.4, 0.5) is 10.5 Å². The van der Waals surface area contributed by atoms with Crippen LogP contribution in [-0.4, -0.2) is 18.1 Å². The summed E-state index contributed by atoms with van der Waals surface area (Å²) in [5.74, 6) is 0. The van der Waals surface area contributed by atoms with Gasteiger partial charge in [0.25, 0.3) is 0 Å². The Balaban J connectivity index is 1.92. The van der Waals surface area contributed by atoms with E-state index in [9.17, 15) is 4.79 Å². The molecule has 1 aliphatic rings. The normalized spacial score (nSPS) is 17.7. The van der Waals surface area contributed by atoms with E-state index >= 15 is 0 Å². The largest absolute Gasteiger partial charge is 0.333 e. The number of nitrogens with one attached hydrogen (secondary N) is 3. The number of hydrogen-bond donors (Lipinski definition) is 3. The minimum atomic E-state index is -0.108. The van der Waals surface area contributed by atoms with E-state index in [1.165, 1.54) is 12.0 Å². The van der Waals surface area contributed by atoms with E-state index in [2.05, 4.69) is 42.8 Å². The van der Waals surface area contributed by atoms with E-state index in [4.69, 9.17) is 0 Å². The lowest BCUT2D eigenvalue weighted by molar-refractivity contribution is 0.200. The van der Waals surface area contributed by atoms with Gasteiger partial charge in [-0.1, -0.05) is 19.1 Å². The Bertz CT molecular complexity index is 483. The van der Waals surface area contributed by atoms with Crippen molar-refractivity contribution in [2.24, 2.45) is 0 Å². The van der Waals surface area contributed by atoms with Crippen molar-refractivity contribution >= 4 is 11.7 Å². The predicted molar refractivity (Wildman–Crippen MR) is 87.6 cm³/mol. The molecule has 1 saturated carbocycles. The van der Waals surface area contributed by atoms with Crippen LogP contribution >= 0.6 is 0 Å². The molecule has 21 heavy (non-hydrogen) atoms. The number of hydrogen-bond acceptors (Lipinski definition) is 2. The number of amides is 2. The van der Waals surface area contributed by atoms with Gasteiger partial charge in [-0.2, -0.15) is 0 Å². The van der Waals surface area contributed by atoms with Gasteiger partial charge in [-0.3, -0.25) is 0 Å². The Morgan fingerprint density at radius 2 is 2.14 bits per heavy atom. The van der Waals surface area contributed by atoms with Crippen LogP contribution in [0.2, 0.25) is 0 Å². The maximum atomic E-state index is 12.0. The highest BCUT2D eigenvalue weighted by Crippen LogP contribution is 2.30. The van der Waals surface area contributed by atoms with Gasteiger partial charge in [0.1, 0.15) is 0 Å². The minimum absolute atomic E-state index is 0.0162. The number of anilines is 1. The molecular weight excluding hydrogens is 262 g/mol. The zero-order valence-electron chi connectivity index (χ0n) is 13.3. The highest BCUT2D eigenvalue weighted by Gasteiger charge is 2.33. The van der Waals surface area contributed by atoms with Crippen LogP contribution in [0, 0.1) is 0 Å². The highest BCUT2D eigenvalue weighted by molar-refractivity contribution is 5.89. The molecule has 2 rings (SSSR count). The van der Waals surface area contributed by atoms with E-state index in [0.717, 1.165) is 31.5 Å². The average molecular weight is 289 g/mol. The van der Waals surface area contributed by atoms with Gasteiger partial charge in [0.15, 0.2) is 0 Å². The standard InChI is InChI=1S/C17H27N3O/c1-4-11-18-13(2)14-7-5-8-15(12-14)19-16(21)20-17(3)9-6-10-17/h5,7-8,12-13,18H,4,6,9-11H2,1-3H3,(H2,19,20,21). The van der Waals surface area contributed by atoms with Gasteiger partial charge in [0, 0.05) is 17.3 Å². The Hall–Kier alpha value is -1.55. The quantitative estimate of drug-likeness (QED) is 0.746. The number of urea groups is 1. The van der Waals surface area contributed by atoms with Crippen LogP contribution in [-0.2, 0) is 0 Å². The van der Waals surface area contributed by atoms with Crippen molar-refractivity contribution in [2.75, 3.05) is 11.9 Å². The Labute approximate surface area is 127 Å². The molecule has 116 valence electrons. The second kappa shape index (κ2) is 6.94. The minimum Gasteiger partial charge on any atom is -0.333 e. The molecule has 0 radical (unpaired) electrons. The van der Waals surface area contributed by atoms with Crippen LogP contribution in [0.25, 0.3) is 0 Å². The summed E-state index contributed by atoms with van der Waals surface area (Å²) in [4.78, 5) is 12.0. The zero-order chi connectivity index (χ0) is 15.3. The molecule has 1 aliphatic carbocycles. The number of carbonyl (C=O) groups is 1. The van der Waals surface area contributed by atoms with Crippen molar-refractivity contribution in [3.8, 4) is 0 Å². The monoisotopic (exact) mass is 289 g/mol. The van der Waals surface area contributed by atoms with Crippen LogP contribution in [0.3, 0.4) is 0 Å².